The van der Waals surface area contributed by atoms with Gasteiger partial charge in [-0.05, 0) is 24.6 Å². The quantitative estimate of drug-likeness (QED) is 0.534. The lowest BCUT2D eigenvalue weighted by Crippen LogP contribution is -2.44. The molecule has 2 aromatic carbocycles. The van der Waals surface area contributed by atoms with Crippen molar-refractivity contribution in [3.63, 3.8) is 0 Å². The van der Waals surface area contributed by atoms with Crippen LogP contribution in [0.5, 0.6) is 5.75 Å². The predicted molar refractivity (Wildman–Crippen MR) is 116 cm³/mol. The number of anilines is 2. The van der Waals surface area contributed by atoms with Crippen molar-refractivity contribution in [1.82, 2.24) is 9.13 Å². The Morgan fingerprint density at radius 2 is 1.84 bits per heavy atom. The van der Waals surface area contributed by atoms with Crippen molar-refractivity contribution in [2.75, 3.05) is 24.7 Å². The van der Waals surface area contributed by atoms with Crippen LogP contribution in [0.1, 0.15) is 22.8 Å². The van der Waals surface area contributed by atoms with Crippen LogP contribution in [-0.2, 0) is 13.1 Å². The second kappa shape index (κ2) is 9.29. The van der Waals surface area contributed by atoms with E-state index in [4.69, 9.17) is 10.5 Å². The Labute approximate surface area is 177 Å². The number of aromatic nitrogens is 2. The Balaban J connectivity index is 1.95. The highest BCUT2D eigenvalue weighted by Crippen LogP contribution is 2.20. The molecule has 0 radical (unpaired) electrons. The van der Waals surface area contributed by atoms with E-state index in [-0.39, 0.29) is 36.8 Å². The zero-order chi connectivity index (χ0) is 22.5. The summed E-state index contributed by atoms with van der Waals surface area (Å²) in [6.45, 7) is 1.53. The van der Waals surface area contributed by atoms with E-state index in [1.807, 2.05) is 30.3 Å². The molecule has 3 N–H and O–H groups in total. The topological polar surface area (TPSA) is 108 Å². The third kappa shape index (κ3) is 4.50. The van der Waals surface area contributed by atoms with Crippen LogP contribution in [-0.4, -0.2) is 28.6 Å². The molecule has 1 heterocycles. The highest BCUT2D eigenvalue weighted by atomic mass is 19.1. The summed E-state index contributed by atoms with van der Waals surface area (Å²) in [6, 6.07) is 13.2. The Morgan fingerprint density at radius 1 is 1.13 bits per heavy atom. The number of carbonyl (C=O) groups is 1. The average Bonchev–Trinajstić information content (AvgIpc) is 2.76. The van der Waals surface area contributed by atoms with Gasteiger partial charge in [0, 0.05) is 18.3 Å². The van der Waals surface area contributed by atoms with Gasteiger partial charge in [0.05, 0.1) is 20.2 Å². The number of Topliss-reactive ketones (excluding diaryl/α,β-unsaturated/α-hetero) is 1. The number of hydrogen-bond acceptors (Lipinski definition) is 6. The number of rotatable bonds is 8. The molecule has 3 rings (SSSR count). The van der Waals surface area contributed by atoms with Crippen molar-refractivity contribution in [3.05, 3.63) is 86.3 Å². The van der Waals surface area contributed by atoms with Gasteiger partial charge < -0.3 is 15.8 Å². The molecule has 0 aliphatic heterocycles. The number of benzene rings is 2. The fraction of sp³-hybridized carbons (Fsp3) is 0.227. The average molecular weight is 426 g/mol. The minimum absolute atomic E-state index is 0.0694. The molecule has 8 nitrogen and oxygen atoms in total. The van der Waals surface area contributed by atoms with Gasteiger partial charge >= 0.3 is 5.69 Å². The minimum atomic E-state index is -0.748. The lowest BCUT2D eigenvalue weighted by atomic mass is 10.1. The molecule has 0 aliphatic carbocycles. The molecule has 0 saturated carbocycles. The smallest absolute Gasteiger partial charge is 0.332 e. The van der Waals surface area contributed by atoms with Gasteiger partial charge in [-0.3, -0.25) is 18.7 Å². The summed E-state index contributed by atoms with van der Waals surface area (Å²) in [4.78, 5) is 38.4. The number of hydrogen-bond donors (Lipinski definition) is 2. The summed E-state index contributed by atoms with van der Waals surface area (Å²) in [5, 5.41) is 2.77. The molecule has 0 spiro atoms. The first-order valence-electron chi connectivity index (χ1n) is 9.65. The summed E-state index contributed by atoms with van der Waals surface area (Å²) in [6.07, 6.45) is 0. The third-order valence-corrected chi connectivity index (χ3v) is 4.85. The number of halogens is 1. The van der Waals surface area contributed by atoms with E-state index in [0.717, 1.165) is 10.1 Å². The molecule has 0 unspecified atom stereocenters. The number of carbonyl (C=O) groups excluding carboxylic acids is 1. The maximum atomic E-state index is 13.9. The monoisotopic (exact) mass is 426 g/mol. The highest BCUT2D eigenvalue weighted by molar-refractivity contribution is 6.02. The van der Waals surface area contributed by atoms with Crippen LogP contribution in [0.15, 0.2) is 58.1 Å². The summed E-state index contributed by atoms with van der Waals surface area (Å²) in [7, 11) is 1.35. The van der Waals surface area contributed by atoms with E-state index in [1.54, 1.807) is 13.0 Å². The normalized spacial score (nSPS) is 10.7. The second-order valence-electron chi connectivity index (χ2n) is 6.79. The second-order valence-corrected chi connectivity index (χ2v) is 6.79. The van der Waals surface area contributed by atoms with Crippen LogP contribution in [0.25, 0.3) is 0 Å². The minimum Gasteiger partial charge on any atom is -0.494 e. The van der Waals surface area contributed by atoms with Gasteiger partial charge in [0.25, 0.3) is 5.56 Å². The van der Waals surface area contributed by atoms with Gasteiger partial charge in [0.15, 0.2) is 17.3 Å². The van der Waals surface area contributed by atoms with E-state index in [1.165, 1.54) is 23.8 Å². The van der Waals surface area contributed by atoms with Crippen LogP contribution in [0.3, 0.4) is 0 Å². The van der Waals surface area contributed by atoms with Crippen LogP contribution in [0, 0.1) is 5.82 Å². The van der Waals surface area contributed by atoms with E-state index in [0.29, 0.717) is 5.69 Å². The maximum absolute atomic E-state index is 13.9. The lowest BCUT2D eigenvalue weighted by Gasteiger charge is -2.16. The van der Waals surface area contributed by atoms with Crippen molar-refractivity contribution in [2.45, 2.75) is 20.0 Å². The van der Waals surface area contributed by atoms with E-state index in [9.17, 15) is 18.8 Å². The SMILES string of the molecule is CCn1c(=O)c(C(=O)CNc2ccc(OC)c(F)c2)c(N)n(Cc2ccccc2)c1=O. The first-order chi connectivity index (χ1) is 14.9. The van der Waals surface area contributed by atoms with E-state index < -0.39 is 22.8 Å². The summed E-state index contributed by atoms with van der Waals surface area (Å²) >= 11 is 0. The Hall–Kier alpha value is -3.88. The standard InChI is InChI=1S/C22H23FN4O4/c1-3-26-21(29)19(17(28)12-25-15-9-10-18(31-2)16(23)11-15)20(24)27(22(26)30)13-14-7-5-4-6-8-14/h4-11,25H,3,12-13,24H2,1-2H3. The van der Waals surface area contributed by atoms with Crippen molar-refractivity contribution < 1.29 is 13.9 Å². The Kier molecular flexibility index (Phi) is 6.54. The fourth-order valence-electron chi connectivity index (χ4n) is 3.22. The van der Waals surface area contributed by atoms with Crippen LogP contribution in [0.2, 0.25) is 0 Å². The molecule has 3 aromatic rings. The Bertz CT molecular complexity index is 1220. The zero-order valence-corrected chi connectivity index (χ0v) is 17.2. The Morgan fingerprint density at radius 3 is 2.45 bits per heavy atom. The molecule has 0 fully saturated rings. The number of nitrogens with two attached hydrogens (primary N) is 1. The number of nitrogens with zero attached hydrogens (tertiary/aromatic N) is 2. The molecular formula is C22H23FN4O4. The lowest BCUT2D eigenvalue weighted by molar-refractivity contribution is 0.100. The number of nitrogens with one attached hydrogen (secondary N) is 1. The molecule has 0 amide bonds. The number of methoxy groups -OCH3 is 1. The number of ketones is 1. The van der Waals surface area contributed by atoms with Crippen molar-refractivity contribution in [3.8, 4) is 5.75 Å². The van der Waals surface area contributed by atoms with Gasteiger partial charge in [-0.15, -0.1) is 0 Å². The number of ether oxygens (including phenoxy) is 1. The van der Waals surface area contributed by atoms with E-state index >= 15 is 0 Å². The van der Waals surface area contributed by atoms with Crippen molar-refractivity contribution >= 4 is 17.3 Å². The van der Waals surface area contributed by atoms with Gasteiger partial charge in [-0.25, -0.2) is 9.18 Å². The highest BCUT2D eigenvalue weighted by Gasteiger charge is 2.22. The molecule has 1 aromatic heterocycles. The summed E-state index contributed by atoms with van der Waals surface area (Å²) < 4.78 is 20.9. The molecule has 9 heteroatoms. The maximum Gasteiger partial charge on any atom is 0.332 e. The zero-order valence-electron chi connectivity index (χ0n) is 17.2. The molecular weight excluding hydrogens is 403 g/mol. The van der Waals surface area contributed by atoms with Crippen LogP contribution < -0.4 is 27.0 Å². The molecule has 31 heavy (non-hydrogen) atoms. The number of nitrogen functional groups attached to an aromatic ring is 1. The first-order valence-corrected chi connectivity index (χ1v) is 9.65. The largest absolute Gasteiger partial charge is 0.494 e. The summed E-state index contributed by atoms with van der Waals surface area (Å²) in [5.74, 6) is -1.33. The molecule has 0 aliphatic rings. The predicted octanol–water partition coefficient (Wildman–Crippen LogP) is 2.10. The first kappa shape index (κ1) is 21.8. The van der Waals surface area contributed by atoms with Crippen LogP contribution >= 0.6 is 0 Å². The van der Waals surface area contributed by atoms with Gasteiger partial charge in [-0.1, -0.05) is 30.3 Å². The molecule has 162 valence electrons. The molecule has 0 atom stereocenters. The molecule has 0 bridgehead atoms. The molecule has 0 saturated heterocycles. The van der Waals surface area contributed by atoms with Gasteiger partial charge in [0.2, 0.25) is 0 Å². The van der Waals surface area contributed by atoms with Gasteiger partial charge in [0.1, 0.15) is 11.4 Å². The fourth-order valence-corrected chi connectivity index (χ4v) is 3.22. The van der Waals surface area contributed by atoms with Crippen LogP contribution in [0.4, 0.5) is 15.9 Å². The van der Waals surface area contributed by atoms with Crippen molar-refractivity contribution in [1.29, 1.82) is 0 Å². The van der Waals surface area contributed by atoms with Crippen molar-refractivity contribution in [2.24, 2.45) is 0 Å². The van der Waals surface area contributed by atoms with E-state index in [2.05, 4.69) is 5.32 Å². The van der Waals surface area contributed by atoms with Gasteiger partial charge in [-0.2, -0.15) is 0 Å². The summed E-state index contributed by atoms with van der Waals surface area (Å²) in [5.41, 5.74) is 5.62. The third-order valence-electron chi connectivity index (χ3n) is 4.85.